The summed E-state index contributed by atoms with van der Waals surface area (Å²) in [5.41, 5.74) is 10.0. The second-order valence-electron chi connectivity index (χ2n) is 5.06. The Balaban J connectivity index is 2.28. The number of nitrogens with two attached hydrogens (primary N) is 1. The molecule has 2 rings (SSSR count). The zero-order chi connectivity index (χ0) is 12.4. The van der Waals surface area contributed by atoms with E-state index < -0.39 is 0 Å². The van der Waals surface area contributed by atoms with Gasteiger partial charge >= 0.3 is 0 Å². The molecule has 0 amide bonds. The predicted octanol–water partition coefficient (Wildman–Crippen LogP) is 1.38. The Hall–Kier alpha value is -1.06. The summed E-state index contributed by atoms with van der Waals surface area (Å²) in [5.74, 6) is 0. The summed E-state index contributed by atoms with van der Waals surface area (Å²) in [6.07, 6.45) is 0. The second kappa shape index (κ2) is 5.07. The van der Waals surface area contributed by atoms with Gasteiger partial charge in [0.1, 0.15) is 0 Å². The molecule has 1 saturated heterocycles. The van der Waals surface area contributed by atoms with Crippen molar-refractivity contribution in [3.63, 3.8) is 0 Å². The van der Waals surface area contributed by atoms with Gasteiger partial charge in [-0.2, -0.15) is 0 Å². The molecule has 3 nitrogen and oxygen atoms in total. The fraction of sp³-hybridized carbons (Fsp3) is 0.571. The van der Waals surface area contributed by atoms with Gasteiger partial charge in [-0.25, -0.2) is 0 Å². The number of likely N-dealkylation sites (N-methyl/N-ethyl adjacent to an activating group) is 1. The van der Waals surface area contributed by atoms with Crippen LogP contribution in [0.2, 0.25) is 0 Å². The van der Waals surface area contributed by atoms with Crippen molar-refractivity contribution in [3.8, 4) is 0 Å². The standard InChI is InChI=1S/C14H23N3/c1-11-5-4-6-14(12(11)2)17-8-7-16(3)10-13(17)9-15/h4-6,13H,7-10,15H2,1-3H3. The minimum Gasteiger partial charge on any atom is -0.364 e. The SMILES string of the molecule is Cc1cccc(N2CCN(C)CC2CN)c1C. The van der Waals surface area contributed by atoms with Crippen LogP contribution in [0.15, 0.2) is 18.2 Å². The van der Waals surface area contributed by atoms with E-state index in [4.69, 9.17) is 5.73 Å². The van der Waals surface area contributed by atoms with Crippen LogP contribution in [0.4, 0.5) is 5.69 Å². The summed E-state index contributed by atoms with van der Waals surface area (Å²) in [4.78, 5) is 4.83. The van der Waals surface area contributed by atoms with E-state index >= 15 is 0 Å². The molecule has 1 aliphatic rings. The molecule has 1 fully saturated rings. The Morgan fingerprint density at radius 3 is 2.76 bits per heavy atom. The third-order valence-electron chi connectivity index (χ3n) is 3.84. The van der Waals surface area contributed by atoms with Crippen LogP contribution in [0.3, 0.4) is 0 Å². The van der Waals surface area contributed by atoms with Crippen molar-refractivity contribution in [2.24, 2.45) is 5.73 Å². The Bertz CT molecular complexity index is 389. The maximum Gasteiger partial charge on any atom is 0.0539 e. The summed E-state index contributed by atoms with van der Waals surface area (Å²) in [6.45, 7) is 8.34. The number of benzene rings is 1. The van der Waals surface area contributed by atoms with E-state index in [1.165, 1.54) is 16.8 Å². The van der Waals surface area contributed by atoms with Gasteiger partial charge in [0.2, 0.25) is 0 Å². The largest absolute Gasteiger partial charge is 0.364 e. The Morgan fingerprint density at radius 2 is 2.06 bits per heavy atom. The zero-order valence-electron chi connectivity index (χ0n) is 11.1. The van der Waals surface area contributed by atoms with Crippen LogP contribution in [0.1, 0.15) is 11.1 Å². The molecule has 3 heteroatoms. The summed E-state index contributed by atoms with van der Waals surface area (Å²) in [5, 5.41) is 0. The van der Waals surface area contributed by atoms with Crippen molar-refractivity contribution < 1.29 is 0 Å². The van der Waals surface area contributed by atoms with E-state index in [1.54, 1.807) is 0 Å². The fourth-order valence-electron chi connectivity index (χ4n) is 2.58. The molecule has 0 spiro atoms. The van der Waals surface area contributed by atoms with Crippen LogP contribution in [-0.2, 0) is 0 Å². The number of hydrogen-bond donors (Lipinski definition) is 1. The highest BCUT2D eigenvalue weighted by Gasteiger charge is 2.25. The molecule has 0 aromatic heterocycles. The number of piperazine rings is 1. The van der Waals surface area contributed by atoms with Crippen LogP contribution in [-0.4, -0.2) is 44.2 Å². The van der Waals surface area contributed by atoms with Gasteiger partial charge in [0.25, 0.3) is 0 Å². The van der Waals surface area contributed by atoms with E-state index in [0.29, 0.717) is 6.04 Å². The molecular weight excluding hydrogens is 210 g/mol. The lowest BCUT2D eigenvalue weighted by Gasteiger charge is -2.41. The summed E-state index contributed by atoms with van der Waals surface area (Å²) in [6, 6.07) is 6.97. The lowest BCUT2D eigenvalue weighted by molar-refractivity contribution is 0.269. The fourth-order valence-corrected chi connectivity index (χ4v) is 2.58. The van der Waals surface area contributed by atoms with Gasteiger partial charge < -0.3 is 15.5 Å². The van der Waals surface area contributed by atoms with Gasteiger partial charge in [0.05, 0.1) is 6.04 Å². The van der Waals surface area contributed by atoms with E-state index in [9.17, 15) is 0 Å². The molecule has 17 heavy (non-hydrogen) atoms. The molecule has 1 aliphatic heterocycles. The molecule has 0 bridgehead atoms. The molecule has 0 aliphatic carbocycles. The number of rotatable bonds is 2. The number of hydrogen-bond acceptors (Lipinski definition) is 3. The maximum atomic E-state index is 5.91. The van der Waals surface area contributed by atoms with Crippen molar-refractivity contribution in [2.75, 3.05) is 38.1 Å². The Kier molecular flexibility index (Phi) is 3.69. The highest BCUT2D eigenvalue weighted by atomic mass is 15.3. The van der Waals surface area contributed by atoms with Gasteiger partial charge in [-0.1, -0.05) is 12.1 Å². The highest BCUT2D eigenvalue weighted by Crippen LogP contribution is 2.25. The maximum absolute atomic E-state index is 5.91. The van der Waals surface area contributed by atoms with Crippen molar-refractivity contribution in [3.05, 3.63) is 29.3 Å². The van der Waals surface area contributed by atoms with E-state index in [1.807, 2.05) is 0 Å². The first-order valence-electron chi connectivity index (χ1n) is 6.35. The first-order valence-corrected chi connectivity index (χ1v) is 6.35. The molecule has 1 aromatic carbocycles. The lowest BCUT2D eigenvalue weighted by atomic mass is 10.0. The van der Waals surface area contributed by atoms with Crippen LogP contribution in [0, 0.1) is 13.8 Å². The van der Waals surface area contributed by atoms with E-state index in [-0.39, 0.29) is 0 Å². The minimum atomic E-state index is 0.439. The van der Waals surface area contributed by atoms with E-state index in [0.717, 1.165) is 26.2 Å². The lowest BCUT2D eigenvalue weighted by Crippen LogP contribution is -2.55. The Morgan fingerprint density at radius 1 is 1.29 bits per heavy atom. The molecule has 0 saturated carbocycles. The molecule has 1 heterocycles. The summed E-state index contributed by atoms with van der Waals surface area (Å²) in [7, 11) is 2.17. The molecule has 94 valence electrons. The van der Waals surface area contributed by atoms with Crippen LogP contribution >= 0.6 is 0 Å². The first-order chi connectivity index (χ1) is 8.13. The monoisotopic (exact) mass is 233 g/mol. The molecule has 2 N–H and O–H groups in total. The predicted molar refractivity (Wildman–Crippen MR) is 73.6 cm³/mol. The number of nitrogens with zero attached hydrogens (tertiary/aromatic N) is 2. The normalized spacial score (nSPS) is 21.9. The number of anilines is 1. The average molecular weight is 233 g/mol. The second-order valence-corrected chi connectivity index (χ2v) is 5.06. The molecule has 1 atom stereocenters. The van der Waals surface area contributed by atoms with Crippen LogP contribution in [0.25, 0.3) is 0 Å². The molecular formula is C14H23N3. The summed E-state index contributed by atoms with van der Waals surface area (Å²) >= 11 is 0. The topological polar surface area (TPSA) is 32.5 Å². The van der Waals surface area contributed by atoms with Gasteiger partial charge in [-0.15, -0.1) is 0 Å². The van der Waals surface area contributed by atoms with Gasteiger partial charge in [0, 0.05) is 31.9 Å². The van der Waals surface area contributed by atoms with Crippen LogP contribution < -0.4 is 10.6 Å². The highest BCUT2D eigenvalue weighted by molar-refractivity contribution is 5.57. The quantitative estimate of drug-likeness (QED) is 0.837. The summed E-state index contributed by atoms with van der Waals surface area (Å²) < 4.78 is 0. The number of aryl methyl sites for hydroxylation is 1. The molecule has 0 radical (unpaired) electrons. The minimum absolute atomic E-state index is 0.439. The van der Waals surface area contributed by atoms with Crippen molar-refractivity contribution in [1.29, 1.82) is 0 Å². The third kappa shape index (κ3) is 2.45. The van der Waals surface area contributed by atoms with Gasteiger partial charge in [0.15, 0.2) is 0 Å². The molecule has 1 aromatic rings. The molecule has 1 unspecified atom stereocenters. The smallest absolute Gasteiger partial charge is 0.0539 e. The first kappa shape index (κ1) is 12.4. The van der Waals surface area contributed by atoms with E-state index in [2.05, 4.69) is 48.9 Å². The van der Waals surface area contributed by atoms with Crippen molar-refractivity contribution >= 4 is 5.69 Å². The third-order valence-corrected chi connectivity index (χ3v) is 3.84. The van der Waals surface area contributed by atoms with Crippen molar-refractivity contribution in [1.82, 2.24) is 4.90 Å². The average Bonchev–Trinajstić information content (AvgIpc) is 2.33. The zero-order valence-corrected chi connectivity index (χ0v) is 11.1. The van der Waals surface area contributed by atoms with Crippen molar-refractivity contribution in [2.45, 2.75) is 19.9 Å². The van der Waals surface area contributed by atoms with Crippen LogP contribution in [0.5, 0.6) is 0 Å². The Labute approximate surface area is 104 Å². The van der Waals surface area contributed by atoms with Gasteiger partial charge in [-0.05, 0) is 38.1 Å². The van der Waals surface area contributed by atoms with Gasteiger partial charge in [-0.3, -0.25) is 0 Å².